The van der Waals surface area contributed by atoms with Crippen molar-refractivity contribution in [1.29, 1.82) is 0 Å². The molecule has 2 atom stereocenters. The Kier molecular flexibility index (Phi) is 5.34. The lowest BCUT2D eigenvalue weighted by molar-refractivity contribution is -0.674. The molecular weight excluding hydrogens is 328 g/mol. The van der Waals surface area contributed by atoms with E-state index in [1.165, 1.54) is 16.5 Å². The lowest BCUT2D eigenvalue weighted by Crippen LogP contribution is -2.92. The van der Waals surface area contributed by atoms with Crippen LogP contribution < -0.4 is 16.4 Å². The number of urea groups is 1. The Balaban J connectivity index is 1.86. The summed E-state index contributed by atoms with van der Waals surface area (Å²) in [4.78, 5) is 26.2. The van der Waals surface area contributed by atoms with Crippen LogP contribution in [0.4, 0.5) is 4.79 Å². The highest BCUT2D eigenvalue weighted by Gasteiger charge is 2.23. The largest absolute Gasteiger partial charge is 0.361 e. The molecule has 3 rings (SSSR count). The van der Waals surface area contributed by atoms with Gasteiger partial charge in [-0.2, -0.15) is 0 Å². The van der Waals surface area contributed by atoms with Crippen molar-refractivity contribution in [3.63, 3.8) is 0 Å². The van der Waals surface area contributed by atoms with Crippen LogP contribution in [-0.2, 0) is 4.79 Å². The lowest BCUT2D eigenvalue weighted by atomic mass is 9.90. The van der Waals surface area contributed by atoms with Crippen molar-refractivity contribution < 1.29 is 14.9 Å². The molecule has 3 aromatic rings. The second-order valence-corrected chi connectivity index (χ2v) is 6.37. The summed E-state index contributed by atoms with van der Waals surface area (Å²) in [6.45, 7) is 2.43. The van der Waals surface area contributed by atoms with Gasteiger partial charge in [-0.25, -0.2) is 4.79 Å². The Hall–Kier alpha value is -3.12. The van der Waals surface area contributed by atoms with Gasteiger partial charge in [0.05, 0.1) is 12.5 Å². The molecule has 0 aliphatic rings. The lowest BCUT2D eigenvalue weighted by Gasteiger charge is -2.18. The molecule has 6 heteroatoms. The van der Waals surface area contributed by atoms with Crippen LogP contribution >= 0.6 is 0 Å². The Bertz CT molecular complexity index is 904. The number of amides is 3. The molecule has 0 saturated heterocycles. The fraction of sp³-hybridized carbons (Fsp3) is 0.200. The number of nitrogens with two attached hydrogens (primary N) is 2. The molecule has 1 heterocycles. The minimum atomic E-state index is -0.827. The third-order valence-electron chi connectivity index (χ3n) is 4.58. The van der Waals surface area contributed by atoms with Gasteiger partial charge in [0.2, 0.25) is 0 Å². The molecule has 2 aromatic carbocycles. The summed E-state index contributed by atoms with van der Waals surface area (Å²) in [6, 6.07) is 17.1. The van der Waals surface area contributed by atoms with Crippen LogP contribution in [0.1, 0.15) is 24.0 Å². The number of rotatable bonds is 6. The van der Waals surface area contributed by atoms with Crippen LogP contribution in [0.3, 0.4) is 0 Å². The molecule has 6 nitrogen and oxygen atoms in total. The molecule has 0 aliphatic carbocycles. The Morgan fingerprint density at radius 2 is 1.81 bits per heavy atom. The standard InChI is InChI=1S/C20H22N4O2/c1-13(19(25)24-20(21)26)22-11-16(14-7-3-2-4-8-14)17-12-23-18-10-6-5-9-15(17)18/h2-10,12-13,16,22-23H,11H2,1H3,(H3,21,24,25,26)/p+1/t13-,16+/m1/s1. The molecule has 0 bridgehead atoms. The van der Waals surface area contributed by atoms with Gasteiger partial charge in [-0.3, -0.25) is 10.1 Å². The molecule has 0 unspecified atom stereocenters. The maximum Gasteiger partial charge on any atom is 0.319 e. The first kappa shape index (κ1) is 17.7. The van der Waals surface area contributed by atoms with Crippen LogP contribution in [-0.4, -0.2) is 29.5 Å². The minimum absolute atomic E-state index is 0.108. The zero-order valence-corrected chi connectivity index (χ0v) is 14.6. The smallest absolute Gasteiger partial charge is 0.319 e. The van der Waals surface area contributed by atoms with Crippen molar-refractivity contribution in [3.8, 4) is 0 Å². The number of aromatic nitrogens is 1. The summed E-state index contributed by atoms with van der Waals surface area (Å²) in [6.07, 6.45) is 2.03. The van der Waals surface area contributed by atoms with E-state index in [9.17, 15) is 9.59 Å². The van der Waals surface area contributed by atoms with E-state index >= 15 is 0 Å². The summed E-state index contributed by atoms with van der Waals surface area (Å²) in [7, 11) is 0. The van der Waals surface area contributed by atoms with Crippen LogP contribution in [0.2, 0.25) is 0 Å². The van der Waals surface area contributed by atoms with Gasteiger partial charge in [0.25, 0.3) is 5.91 Å². The number of imide groups is 1. The first-order valence-electron chi connectivity index (χ1n) is 8.61. The van der Waals surface area contributed by atoms with Crippen LogP contribution in [0.5, 0.6) is 0 Å². The first-order chi connectivity index (χ1) is 12.6. The quantitative estimate of drug-likeness (QED) is 0.540. The number of carbonyl (C=O) groups is 2. The van der Waals surface area contributed by atoms with Gasteiger partial charge in [0, 0.05) is 17.1 Å². The van der Waals surface area contributed by atoms with Gasteiger partial charge < -0.3 is 16.0 Å². The first-order valence-corrected chi connectivity index (χ1v) is 8.61. The topological polar surface area (TPSA) is 105 Å². The van der Waals surface area contributed by atoms with Gasteiger partial charge in [-0.1, -0.05) is 48.5 Å². The normalized spacial score (nSPS) is 13.3. The maximum atomic E-state index is 12.0. The van der Waals surface area contributed by atoms with Gasteiger partial charge in [0.15, 0.2) is 6.04 Å². The predicted molar refractivity (Wildman–Crippen MR) is 101 cm³/mol. The van der Waals surface area contributed by atoms with Crippen molar-refractivity contribution in [2.24, 2.45) is 5.73 Å². The van der Waals surface area contributed by atoms with E-state index in [-0.39, 0.29) is 11.8 Å². The number of para-hydroxylation sites is 1. The third-order valence-corrected chi connectivity index (χ3v) is 4.58. The van der Waals surface area contributed by atoms with E-state index in [1.807, 2.05) is 47.9 Å². The molecule has 134 valence electrons. The zero-order valence-electron chi connectivity index (χ0n) is 14.6. The second-order valence-electron chi connectivity index (χ2n) is 6.37. The molecule has 0 fully saturated rings. The number of hydrogen-bond acceptors (Lipinski definition) is 2. The molecule has 1 aromatic heterocycles. The summed E-state index contributed by atoms with van der Waals surface area (Å²) in [5.41, 5.74) is 8.48. The molecular formula is C20H23N4O2+. The predicted octanol–water partition coefficient (Wildman–Crippen LogP) is 1.45. The van der Waals surface area contributed by atoms with Crippen LogP contribution in [0, 0.1) is 0 Å². The molecule has 0 spiro atoms. The number of benzene rings is 2. The van der Waals surface area contributed by atoms with Crippen molar-refractivity contribution in [1.82, 2.24) is 10.3 Å². The summed E-state index contributed by atoms with van der Waals surface area (Å²) >= 11 is 0. The fourth-order valence-electron chi connectivity index (χ4n) is 3.19. The van der Waals surface area contributed by atoms with Crippen LogP contribution in [0.25, 0.3) is 10.9 Å². The third kappa shape index (κ3) is 3.92. The summed E-state index contributed by atoms with van der Waals surface area (Å²) in [5, 5.41) is 5.23. The van der Waals surface area contributed by atoms with Crippen molar-refractivity contribution in [2.45, 2.75) is 18.9 Å². The van der Waals surface area contributed by atoms with Gasteiger partial charge in [-0.15, -0.1) is 0 Å². The van der Waals surface area contributed by atoms with Gasteiger partial charge in [-0.05, 0) is 24.1 Å². The Labute approximate surface area is 151 Å². The number of H-pyrrole nitrogens is 1. The van der Waals surface area contributed by atoms with Crippen molar-refractivity contribution >= 4 is 22.8 Å². The molecule has 0 radical (unpaired) electrons. The Morgan fingerprint density at radius 1 is 1.12 bits per heavy atom. The van der Waals surface area contributed by atoms with E-state index in [4.69, 9.17) is 5.73 Å². The van der Waals surface area contributed by atoms with Gasteiger partial charge in [0.1, 0.15) is 0 Å². The molecule has 3 amide bonds. The van der Waals surface area contributed by atoms with Gasteiger partial charge >= 0.3 is 6.03 Å². The highest BCUT2D eigenvalue weighted by Crippen LogP contribution is 2.29. The average Bonchev–Trinajstić information content (AvgIpc) is 3.06. The molecule has 0 aliphatic heterocycles. The highest BCUT2D eigenvalue weighted by molar-refractivity contribution is 5.95. The number of primary amides is 1. The van der Waals surface area contributed by atoms with E-state index in [1.54, 1.807) is 6.92 Å². The number of carbonyl (C=O) groups excluding carboxylic acids is 2. The maximum absolute atomic E-state index is 12.0. The highest BCUT2D eigenvalue weighted by atomic mass is 16.2. The Morgan fingerprint density at radius 3 is 2.54 bits per heavy atom. The van der Waals surface area contributed by atoms with Crippen molar-refractivity contribution in [3.05, 3.63) is 71.9 Å². The minimum Gasteiger partial charge on any atom is -0.361 e. The van der Waals surface area contributed by atoms with Crippen LogP contribution in [0.15, 0.2) is 60.8 Å². The number of nitrogens with one attached hydrogen (secondary N) is 2. The number of aromatic amines is 1. The number of fused-ring (bicyclic) bond motifs is 1. The van der Waals surface area contributed by atoms with E-state index in [0.717, 1.165) is 5.52 Å². The zero-order chi connectivity index (χ0) is 18.5. The number of quaternary nitrogens is 1. The second kappa shape index (κ2) is 7.84. The van der Waals surface area contributed by atoms with E-state index < -0.39 is 12.1 Å². The van der Waals surface area contributed by atoms with E-state index in [2.05, 4.69) is 28.5 Å². The van der Waals surface area contributed by atoms with E-state index in [0.29, 0.717) is 6.54 Å². The summed E-state index contributed by atoms with van der Waals surface area (Å²) < 4.78 is 0. The molecule has 6 N–H and O–H groups in total. The molecule has 0 saturated carbocycles. The monoisotopic (exact) mass is 351 g/mol. The fourth-order valence-corrected chi connectivity index (χ4v) is 3.19. The van der Waals surface area contributed by atoms with Crippen molar-refractivity contribution in [2.75, 3.05) is 6.54 Å². The SMILES string of the molecule is C[C@@H]([NH2+]C[C@@H](c1ccccc1)c1c[nH]c2ccccc12)C(=O)NC(N)=O. The molecule has 26 heavy (non-hydrogen) atoms. The summed E-state index contributed by atoms with van der Waals surface area (Å²) in [5.74, 6) is -0.278. The average molecular weight is 351 g/mol. The number of hydrogen-bond donors (Lipinski definition) is 4.